The summed E-state index contributed by atoms with van der Waals surface area (Å²) >= 11 is 0. The molecule has 0 fully saturated rings. The van der Waals surface area contributed by atoms with Gasteiger partial charge in [0.1, 0.15) is 11.4 Å². The Morgan fingerprint density at radius 1 is 1.54 bits per heavy atom. The molecule has 0 spiro atoms. The van der Waals surface area contributed by atoms with Crippen LogP contribution in [-0.4, -0.2) is 4.98 Å². The molecule has 3 nitrogen and oxygen atoms in total. The van der Waals surface area contributed by atoms with Crippen molar-refractivity contribution in [3.8, 4) is 0 Å². The highest BCUT2D eigenvalue weighted by Gasteiger charge is 2.18. The molecule has 13 heavy (non-hydrogen) atoms. The SMILES string of the molecule is NCc1cc(F)c(C(F)F)c(=O)[nH]1. The van der Waals surface area contributed by atoms with Crippen LogP contribution in [0.15, 0.2) is 10.9 Å². The lowest BCUT2D eigenvalue weighted by molar-refractivity contribution is 0.144. The van der Waals surface area contributed by atoms with Crippen molar-refractivity contribution >= 4 is 0 Å². The fraction of sp³-hybridized carbons (Fsp3) is 0.286. The molecule has 0 bridgehead atoms. The largest absolute Gasteiger partial charge is 0.325 e. The third kappa shape index (κ3) is 1.89. The van der Waals surface area contributed by atoms with Crippen LogP contribution in [0, 0.1) is 5.82 Å². The smallest absolute Gasteiger partial charge is 0.272 e. The molecule has 0 aliphatic rings. The molecule has 0 amide bonds. The first kappa shape index (κ1) is 9.79. The minimum Gasteiger partial charge on any atom is -0.325 e. The van der Waals surface area contributed by atoms with Gasteiger partial charge in [-0.2, -0.15) is 0 Å². The molecular weight excluding hydrogens is 185 g/mol. The van der Waals surface area contributed by atoms with Crippen LogP contribution in [0.1, 0.15) is 17.7 Å². The number of hydrogen-bond acceptors (Lipinski definition) is 2. The fourth-order valence-electron chi connectivity index (χ4n) is 0.902. The number of nitrogens with one attached hydrogen (secondary N) is 1. The highest BCUT2D eigenvalue weighted by molar-refractivity contribution is 5.17. The van der Waals surface area contributed by atoms with Crippen molar-refractivity contribution in [2.45, 2.75) is 13.0 Å². The Balaban J connectivity index is 3.32. The zero-order valence-corrected chi connectivity index (χ0v) is 6.48. The highest BCUT2D eigenvalue weighted by Crippen LogP contribution is 2.17. The summed E-state index contributed by atoms with van der Waals surface area (Å²) in [6.07, 6.45) is -3.12. The Labute approximate surface area is 71.4 Å². The Morgan fingerprint density at radius 2 is 2.15 bits per heavy atom. The van der Waals surface area contributed by atoms with Gasteiger partial charge in [-0.25, -0.2) is 13.2 Å². The molecule has 0 aromatic carbocycles. The number of alkyl halides is 2. The highest BCUT2D eigenvalue weighted by atomic mass is 19.3. The summed E-state index contributed by atoms with van der Waals surface area (Å²) in [7, 11) is 0. The van der Waals surface area contributed by atoms with Crippen LogP contribution >= 0.6 is 0 Å². The van der Waals surface area contributed by atoms with E-state index in [4.69, 9.17) is 5.73 Å². The maximum Gasteiger partial charge on any atom is 0.272 e. The summed E-state index contributed by atoms with van der Waals surface area (Å²) in [5.74, 6) is -1.22. The molecular formula is C7H7F3N2O. The summed E-state index contributed by atoms with van der Waals surface area (Å²) in [5, 5.41) is 0. The molecule has 0 saturated carbocycles. The van der Waals surface area contributed by atoms with Crippen LogP contribution in [0.25, 0.3) is 0 Å². The van der Waals surface area contributed by atoms with Crippen LogP contribution in [0.4, 0.5) is 13.2 Å². The number of halogens is 3. The zero-order valence-electron chi connectivity index (χ0n) is 6.48. The number of rotatable bonds is 2. The second-order valence-electron chi connectivity index (χ2n) is 2.39. The molecule has 72 valence electrons. The quantitative estimate of drug-likeness (QED) is 0.731. The van der Waals surface area contributed by atoms with Crippen molar-refractivity contribution in [2.24, 2.45) is 5.73 Å². The van der Waals surface area contributed by atoms with Crippen LogP contribution in [0.5, 0.6) is 0 Å². The third-order valence-electron chi connectivity index (χ3n) is 1.52. The predicted octanol–water partition coefficient (Wildman–Crippen LogP) is 0.910. The lowest BCUT2D eigenvalue weighted by atomic mass is 10.2. The molecule has 0 atom stereocenters. The lowest BCUT2D eigenvalue weighted by Crippen LogP contribution is -2.18. The van der Waals surface area contributed by atoms with Crippen molar-refractivity contribution in [1.29, 1.82) is 0 Å². The van der Waals surface area contributed by atoms with Gasteiger partial charge in [0.05, 0.1) is 0 Å². The molecule has 0 saturated heterocycles. The lowest BCUT2D eigenvalue weighted by Gasteiger charge is -2.02. The summed E-state index contributed by atoms with van der Waals surface area (Å²) in [5.41, 5.74) is 2.91. The van der Waals surface area contributed by atoms with E-state index in [2.05, 4.69) is 0 Å². The molecule has 1 heterocycles. The van der Waals surface area contributed by atoms with Crippen molar-refractivity contribution in [3.05, 3.63) is 33.5 Å². The summed E-state index contributed by atoms with van der Waals surface area (Å²) in [4.78, 5) is 12.9. The zero-order chi connectivity index (χ0) is 10.0. The van der Waals surface area contributed by atoms with Gasteiger partial charge in [0.15, 0.2) is 0 Å². The number of pyridine rings is 1. The summed E-state index contributed by atoms with van der Waals surface area (Å²) in [6.45, 7) is -0.102. The number of nitrogens with two attached hydrogens (primary N) is 1. The van der Waals surface area contributed by atoms with E-state index in [9.17, 15) is 18.0 Å². The average molecular weight is 192 g/mol. The second-order valence-corrected chi connectivity index (χ2v) is 2.39. The van der Waals surface area contributed by atoms with E-state index >= 15 is 0 Å². The molecule has 3 N–H and O–H groups in total. The summed E-state index contributed by atoms with van der Waals surface area (Å²) < 4.78 is 36.9. The average Bonchev–Trinajstić information content (AvgIpc) is 2.02. The molecule has 0 radical (unpaired) electrons. The fourth-order valence-corrected chi connectivity index (χ4v) is 0.902. The molecule has 1 aromatic heterocycles. The van der Waals surface area contributed by atoms with Gasteiger partial charge >= 0.3 is 0 Å². The van der Waals surface area contributed by atoms with E-state index in [0.29, 0.717) is 0 Å². The van der Waals surface area contributed by atoms with Gasteiger partial charge < -0.3 is 10.7 Å². The van der Waals surface area contributed by atoms with E-state index in [1.165, 1.54) is 0 Å². The maximum absolute atomic E-state index is 12.8. The first-order valence-corrected chi connectivity index (χ1v) is 3.46. The van der Waals surface area contributed by atoms with Gasteiger partial charge in [0.25, 0.3) is 12.0 Å². The minimum atomic E-state index is -3.12. The standard InChI is InChI=1S/C7H7F3N2O/c8-4-1-3(2-11)12-7(13)5(4)6(9)10/h1,6H,2,11H2,(H,12,13). The van der Waals surface area contributed by atoms with Crippen LogP contribution in [0.3, 0.4) is 0 Å². The van der Waals surface area contributed by atoms with Gasteiger partial charge in [0.2, 0.25) is 0 Å². The van der Waals surface area contributed by atoms with E-state index < -0.39 is 23.4 Å². The molecule has 6 heteroatoms. The second kappa shape index (κ2) is 3.61. The first-order chi connectivity index (χ1) is 6.06. The topological polar surface area (TPSA) is 58.9 Å². The number of aromatic nitrogens is 1. The van der Waals surface area contributed by atoms with Crippen molar-refractivity contribution in [2.75, 3.05) is 0 Å². The van der Waals surface area contributed by atoms with Gasteiger partial charge in [-0.15, -0.1) is 0 Å². The van der Waals surface area contributed by atoms with Crippen molar-refractivity contribution in [1.82, 2.24) is 4.98 Å². The van der Waals surface area contributed by atoms with Crippen LogP contribution in [-0.2, 0) is 6.54 Å². The number of H-pyrrole nitrogens is 1. The Kier molecular flexibility index (Phi) is 2.72. The van der Waals surface area contributed by atoms with E-state index in [-0.39, 0.29) is 12.2 Å². The number of aromatic amines is 1. The predicted molar refractivity (Wildman–Crippen MR) is 39.9 cm³/mol. The van der Waals surface area contributed by atoms with E-state index in [1.54, 1.807) is 0 Å². The Morgan fingerprint density at radius 3 is 2.54 bits per heavy atom. The molecule has 0 unspecified atom stereocenters. The minimum absolute atomic E-state index is 0.0897. The van der Waals surface area contributed by atoms with Gasteiger partial charge in [-0.3, -0.25) is 4.79 Å². The summed E-state index contributed by atoms with van der Waals surface area (Å²) in [6, 6.07) is 0.795. The molecule has 1 rings (SSSR count). The monoisotopic (exact) mass is 192 g/mol. The van der Waals surface area contributed by atoms with Crippen LogP contribution in [0.2, 0.25) is 0 Å². The maximum atomic E-state index is 12.8. The van der Waals surface area contributed by atoms with Gasteiger partial charge in [-0.1, -0.05) is 0 Å². The van der Waals surface area contributed by atoms with E-state index in [1.807, 2.05) is 4.98 Å². The molecule has 1 aromatic rings. The van der Waals surface area contributed by atoms with Crippen molar-refractivity contribution in [3.63, 3.8) is 0 Å². The Hall–Kier alpha value is -1.30. The van der Waals surface area contributed by atoms with Gasteiger partial charge in [0, 0.05) is 12.2 Å². The normalized spacial score (nSPS) is 10.8. The number of hydrogen-bond donors (Lipinski definition) is 2. The molecule has 0 aliphatic heterocycles. The van der Waals surface area contributed by atoms with Crippen LogP contribution < -0.4 is 11.3 Å². The third-order valence-corrected chi connectivity index (χ3v) is 1.52. The first-order valence-electron chi connectivity index (χ1n) is 3.46. The van der Waals surface area contributed by atoms with E-state index in [0.717, 1.165) is 6.07 Å². The van der Waals surface area contributed by atoms with Gasteiger partial charge in [-0.05, 0) is 6.07 Å². The van der Waals surface area contributed by atoms with Crippen molar-refractivity contribution < 1.29 is 13.2 Å². The Bertz CT molecular complexity index is 361. The molecule has 0 aliphatic carbocycles.